The number of thioether (sulfide) groups is 1. The molecule has 0 aliphatic heterocycles. The average molecular weight is 527 g/mol. The van der Waals surface area contributed by atoms with E-state index in [1.807, 2.05) is 4.57 Å². The minimum Gasteiger partial charge on any atom is -0.465 e. The molecule has 0 saturated heterocycles. The molecule has 1 aliphatic carbocycles. The maximum Gasteiger partial charge on any atom is 0.339 e. The standard InChI is InChI=1S/C25H26N4O5S2/c1-4-11-29-22(18-13-35-20-8-6-5-7-16(18)20)27-28-25(29)36-14-21(30)26-19-12-15(23(31)33-2)9-10-17(19)24(32)34-3/h4,9-10,12-13H,1,5-8,11,14H2,2-3H3,(H,26,30). The highest BCUT2D eigenvalue weighted by molar-refractivity contribution is 7.99. The molecular formula is C25H26N4O5S2. The Morgan fingerprint density at radius 3 is 2.69 bits per heavy atom. The SMILES string of the molecule is C=CCn1c(SCC(=O)Nc2cc(C(=O)OC)ccc2C(=O)OC)nnc1-c1csc2c1CCCC2. The van der Waals surface area contributed by atoms with Crippen molar-refractivity contribution in [3.63, 3.8) is 0 Å². The van der Waals surface area contributed by atoms with E-state index in [-0.39, 0.29) is 28.5 Å². The van der Waals surface area contributed by atoms with Crippen LogP contribution in [0.3, 0.4) is 0 Å². The smallest absolute Gasteiger partial charge is 0.339 e. The number of fused-ring (bicyclic) bond motifs is 1. The number of anilines is 1. The van der Waals surface area contributed by atoms with Gasteiger partial charge in [0.1, 0.15) is 0 Å². The number of hydrogen-bond donors (Lipinski definition) is 1. The number of nitrogens with zero attached hydrogens (tertiary/aromatic N) is 3. The van der Waals surface area contributed by atoms with Crippen molar-refractivity contribution < 1.29 is 23.9 Å². The van der Waals surface area contributed by atoms with Crippen LogP contribution in [0.25, 0.3) is 11.4 Å². The predicted octanol–water partition coefficient (Wildman–Crippen LogP) is 4.38. The second kappa shape index (κ2) is 11.5. The van der Waals surface area contributed by atoms with Gasteiger partial charge in [0.15, 0.2) is 11.0 Å². The molecule has 4 rings (SSSR count). The number of hydrogen-bond acceptors (Lipinski definition) is 9. The number of rotatable bonds is 9. The Morgan fingerprint density at radius 1 is 1.17 bits per heavy atom. The molecule has 1 N–H and O–H groups in total. The van der Waals surface area contributed by atoms with Crippen molar-refractivity contribution in [1.29, 1.82) is 0 Å². The van der Waals surface area contributed by atoms with Crippen LogP contribution in [0.2, 0.25) is 0 Å². The van der Waals surface area contributed by atoms with Crippen LogP contribution in [0.15, 0.2) is 41.4 Å². The lowest BCUT2D eigenvalue weighted by Gasteiger charge is -2.13. The molecule has 1 aromatic carbocycles. The topological polar surface area (TPSA) is 112 Å². The van der Waals surface area contributed by atoms with E-state index in [2.05, 4.69) is 27.5 Å². The summed E-state index contributed by atoms with van der Waals surface area (Å²) in [5.41, 5.74) is 2.93. The molecule has 11 heteroatoms. The quantitative estimate of drug-likeness (QED) is 0.248. The molecule has 0 bridgehead atoms. The molecule has 3 aromatic rings. The number of nitrogens with one attached hydrogen (secondary N) is 1. The van der Waals surface area contributed by atoms with Crippen LogP contribution in [-0.4, -0.2) is 52.6 Å². The minimum absolute atomic E-state index is 0.0140. The van der Waals surface area contributed by atoms with Gasteiger partial charge in [0.2, 0.25) is 5.91 Å². The molecule has 0 atom stereocenters. The normalized spacial score (nSPS) is 12.5. The van der Waals surface area contributed by atoms with Crippen LogP contribution >= 0.6 is 23.1 Å². The molecule has 0 saturated carbocycles. The monoisotopic (exact) mass is 526 g/mol. The summed E-state index contributed by atoms with van der Waals surface area (Å²) in [6.45, 7) is 4.36. The summed E-state index contributed by atoms with van der Waals surface area (Å²) in [4.78, 5) is 38.3. The summed E-state index contributed by atoms with van der Waals surface area (Å²) in [6.07, 6.45) is 6.29. The Balaban J connectivity index is 1.53. The number of amides is 1. The van der Waals surface area contributed by atoms with E-state index in [0.717, 1.165) is 24.2 Å². The number of aryl methyl sites for hydroxylation is 1. The van der Waals surface area contributed by atoms with Gasteiger partial charge in [-0.25, -0.2) is 9.59 Å². The van der Waals surface area contributed by atoms with Crippen LogP contribution in [0.4, 0.5) is 5.69 Å². The van der Waals surface area contributed by atoms with Crippen molar-refractivity contribution in [1.82, 2.24) is 14.8 Å². The predicted molar refractivity (Wildman–Crippen MR) is 139 cm³/mol. The van der Waals surface area contributed by atoms with Gasteiger partial charge < -0.3 is 14.8 Å². The Kier molecular flexibility index (Phi) is 8.21. The van der Waals surface area contributed by atoms with E-state index in [4.69, 9.17) is 9.47 Å². The summed E-state index contributed by atoms with van der Waals surface area (Å²) >= 11 is 2.99. The van der Waals surface area contributed by atoms with Gasteiger partial charge in [-0.15, -0.1) is 28.1 Å². The summed E-state index contributed by atoms with van der Waals surface area (Å²) in [5.74, 6) is -0.813. The third-order valence-corrected chi connectivity index (χ3v) is 7.84. The van der Waals surface area contributed by atoms with Gasteiger partial charge in [-0.1, -0.05) is 17.8 Å². The second-order valence-electron chi connectivity index (χ2n) is 8.04. The van der Waals surface area contributed by atoms with Crippen LogP contribution in [0.5, 0.6) is 0 Å². The molecular weight excluding hydrogens is 500 g/mol. The van der Waals surface area contributed by atoms with E-state index in [9.17, 15) is 14.4 Å². The molecule has 0 radical (unpaired) electrons. The summed E-state index contributed by atoms with van der Waals surface area (Å²) < 4.78 is 11.5. The fourth-order valence-electron chi connectivity index (χ4n) is 4.07. The Hall–Kier alpha value is -3.44. The zero-order valence-electron chi connectivity index (χ0n) is 20.0. The fraction of sp³-hybridized carbons (Fsp3) is 0.320. The highest BCUT2D eigenvalue weighted by atomic mass is 32.2. The van der Waals surface area contributed by atoms with Crippen molar-refractivity contribution in [3.05, 3.63) is 57.8 Å². The van der Waals surface area contributed by atoms with Gasteiger partial charge in [0.05, 0.1) is 36.8 Å². The molecule has 1 aliphatic rings. The molecule has 0 spiro atoms. The zero-order chi connectivity index (χ0) is 25.7. The minimum atomic E-state index is -0.635. The first-order chi connectivity index (χ1) is 17.5. The number of ether oxygens (including phenoxy) is 2. The number of carbonyl (C=O) groups excluding carboxylic acids is 3. The first-order valence-corrected chi connectivity index (χ1v) is 13.2. The lowest BCUT2D eigenvalue weighted by molar-refractivity contribution is -0.113. The average Bonchev–Trinajstić information content (AvgIpc) is 3.50. The van der Waals surface area contributed by atoms with Crippen LogP contribution in [0.1, 0.15) is 44.0 Å². The number of allylic oxidation sites excluding steroid dienone is 1. The number of thiophene rings is 1. The number of methoxy groups -OCH3 is 2. The van der Waals surface area contributed by atoms with E-state index < -0.39 is 11.9 Å². The van der Waals surface area contributed by atoms with Gasteiger partial charge in [-0.3, -0.25) is 9.36 Å². The first kappa shape index (κ1) is 25.6. The number of benzene rings is 1. The molecule has 0 unspecified atom stereocenters. The maximum absolute atomic E-state index is 12.8. The third-order valence-electron chi connectivity index (χ3n) is 5.78. The second-order valence-corrected chi connectivity index (χ2v) is 9.95. The highest BCUT2D eigenvalue weighted by Gasteiger charge is 2.23. The Labute approximate surface area is 216 Å². The van der Waals surface area contributed by atoms with Gasteiger partial charge in [-0.2, -0.15) is 0 Å². The lowest BCUT2D eigenvalue weighted by Crippen LogP contribution is -2.18. The van der Waals surface area contributed by atoms with Crippen molar-refractivity contribution in [3.8, 4) is 11.4 Å². The van der Waals surface area contributed by atoms with Crippen LogP contribution in [0, 0.1) is 0 Å². The first-order valence-electron chi connectivity index (χ1n) is 11.3. The number of esters is 2. The van der Waals surface area contributed by atoms with Crippen molar-refractivity contribution in [2.75, 3.05) is 25.3 Å². The molecule has 188 valence electrons. The summed E-state index contributed by atoms with van der Waals surface area (Å²) in [7, 11) is 2.50. The molecule has 2 aromatic heterocycles. The number of aromatic nitrogens is 3. The molecule has 2 heterocycles. The van der Waals surface area contributed by atoms with Gasteiger partial charge in [0.25, 0.3) is 0 Å². The maximum atomic E-state index is 12.8. The zero-order valence-corrected chi connectivity index (χ0v) is 21.7. The van der Waals surface area contributed by atoms with Crippen LogP contribution in [-0.2, 0) is 33.7 Å². The summed E-state index contributed by atoms with van der Waals surface area (Å²) in [5, 5.41) is 14.2. The Morgan fingerprint density at radius 2 is 1.94 bits per heavy atom. The number of carbonyl (C=O) groups is 3. The molecule has 9 nitrogen and oxygen atoms in total. The molecule has 0 fully saturated rings. The fourth-order valence-corrected chi connectivity index (χ4v) is 5.94. The Bertz CT molecular complexity index is 1310. The van der Waals surface area contributed by atoms with Crippen molar-refractivity contribution >= 4 is 46.6 Å². The van der Waals surface area contributed by atoms with Crippen molar-refractivity contribution in [2.24, 2.45) is 0 Å². The lowest BCUT2D eigenvalue weighted by atomic mass is 9.95. The van der Waals surface area contributed by atoms with Gasteiger partial charge in [0, 0.05) is 22.4 Å². The van der Waals surface area contributed by atoms with Crippen molar-refractivity contribution in [2.45, 2.75) is 37.4 Å². The third kappa shape index (κ3) is 5.36. The highest BCUT2D eigenvalue weighted by Crippen LogP contribution is 2.37. The molecule has 1 amide bonds. The summed E-state index contributed by atoms with van der Waals surface area (Å²) in [6, 6.07) is 4.24. The van der Waals surface area contributed by atoms with E-state index in [0.29, 0.717) is 11.7 Å². The van der Waals surface area contributed by atoms with Crippen LogP contribution < -0.4 is 5.32 Å². The van der Waals surface area contributed by atoms with E-state index in [1.54, 1.807) is 17.4 Å². The molecule has 36 heavy (non-hydrogen) atoms. The van der Waals surface area contributed by atoms with Gasteiger partial charge in [-0.05, 0) is 49.4 Å². The van der Waals surface area contributed by atoms with E-state index >= 15 is 0 Å². The van der Waals surface area contributed by atoms with E-state index in [1.165, 1.54) is 67.5 Å². The van der Waals surface area contributed by atoms with Gasteiger partial charge >= 0.3 is 11.9 Å². The largest absolute Gasteiger partial charge is 0.465 e.